The number of nitrogens with zero attached hydrogens (tertiary/aromatic N) is 1. The predicted octanol–water partition coefficient (Wildman–Crippen LogP) is 9.50. The lowest BCUT2D eigenvalue weighted by molar-refractivity contribution is -0.143. The third kappa shape index (κ3) is 15.8. The standard InChI is InChI=1S/C20H38O2.C9H8Cl3NO2S/c1-3-5-6-7-8-9-10-11-12-13-14-15-16-17-18-19-20(21)22-4-2;10-9(11,12)16-13-7(14)5-3-1-2-4-6(5)8(13)15/h11-12H,3-10,13-19H2,1-2H3;1-2,5-6H,3-4H2/b12-11-;. The van der Waals surface area contributed by atoms with E-state index >= 15 is 0 Å². The van der Waals surface area contributed by atoms with Crippen LogP contribution in [-0.2, 0) is 19.1 Å². The number of hydrogen-bond acceptors (Lipinski definition) is 5. The van der Waals surface area contributed by atoms with Crippen LogP contribution in [0.3, 0.4) is 0 Å². The van der Waals surface area contributed by atoms with Gasteiger partial charge in [0, 0.05) is 18.4 Å². The minimum Gasteiger partial charge on any atom is -0.466 e. The lowest BCUT2D eigenvalue weighted by Gasteiger charge is -2.17. The fourth-order valence-electron chi connectivity index (χ4n) is 4.54. The van der Waals surface area contributed by atoms with E-state index in [0.29, 0.717) is 37.8 Å². The molecule has 0 saturated carbocycles. The lowest BCUT2D eigenvalue weighted by Crippen LogP contribution is -2.26. The van der Waals surface area contributed by atoms with Gasteiger partial charge in [0.25, 0.3) is 3.12 Å². The zero-order chi connectivity index (χ0) is 28.2. The highest BCUT2D eigenvalue weighted by atomic mass is 35.6. The van der Waals surface area contributed by atoms with E-state index in [9.17, 15) is 14.4 Å². The SMILES string of the molecule is CCCCCCCC/C=C\CCCCCCCC(=O)OCC.O=C1C2CC=CCC2C(=O)N1SC(Cl)(Cl)Cl. The molecule has 2 amide bonds. The molecule has 0 aromatic rings. The Labute approximate surface area is 249 Å². The smallest absolute Gasteiger partial charge is 0.305 e. The molecule has 5 nitrogen and oxygen atoms in total. The topological polar surface area (TPSA) is 63.7 Å². The van der Waals surface area contributed by atoms with Crippen LogP contribution in [0.5, 0.6) is 0 Å². The number of esters is 1. The van der Waals surface area contributed by atoms with Crippen LogP contribution in [0.1, 0.15) is 117 Å². The summed E-state index contributed by atoms with van der Waals surface area (Å²) in [5, 5.41) is 0. The molecule has 0 N–H and O–H groups in total. The lowest BCUT2D eigenvalue weighted by atomic mass is 9.85. The van der Waals surface area contributed by atoms with Crippen LogP contribution in [0.2, 0.25) is 0 Å². The molecule has 2 rings (SSSR count). The molecule has 1 heterocycles. The second-order valence-electron chi connectivity index (χ2n) is 9.80. The number of carbonyl (C=O) groups is 3. The van der Waals surface area contributed by atoms with Crippen LogP contribution in [0.15, 0.2) is 24.3 Å². The summed E-state index contributed by atoms with van der Waals surface area (Å²) < 4.78 is 4.22. The number of ether oxygens (including phenoxy) is 1. The number of amides is 2. The van der Waals surface area contributed by atoms with E-state index in [1.54, 1.807) is 0 Å². The van der Waals surface area contributed by atoms with Crippen molar-refractivity contribution >= 4 is 64.5 Å². The van der Waals surface area contributed by atoms with Crippen molar-refractivity contribution in [3.63, 3.8) is 0 Å². The summed E-state index contributed by atoms with van der Waals surface area (Å²) in [4.78, 5) is 35.0. The first-order valence-electron chi connectivity index (χ1n) is 14.3. The van der Waals surface area contributed by atoms with Crippen LogP contribution in [0, 0.1) is 11.8 Å². The van der Waals surface area contributed by atoms with Crippen LogP contribution in [0.4, 0.5) is 0 Å². The van der Waals surface area contributed by atoms with E-state index < -0.39 is 3.12 Å². The van der Waals surface area contributed by atoms with Gasteiger partial charge in [0.2, 0.25) is 11.8 Å². The van der Waals surface area contributed by atoms with E-state index in [2.05, 4.69) is 19.1 Å². The minimum absolute atomic E-state index is 0.0415. The Morgan fingerprint density at radius 3 is 1.82 bits per heavy atom. The van der Waals surface area contributed by atoms with Gasteiger partial charge >= 0.3 is 5.97 Å². The van der Waals surface area contributed by atoms with E-state index in [0.717, 1.165) is 17.1 Å². The molecule has 2 unspecified atom stereocenters. The average Bonchev–Trinajstić information content (AvgIpc) is 3.11. The van der Waals surface area contributed by atoms with Crippen LogP contribution in [-0.4, -0.2) is 31.8 Å². The molecular formula is C29H46Cl3NO4S. The Balaban J connectivity index is 0.000000396. The maximum atomic E-state index is 11.9. The highest BCUT2D eigenvalue weighted by Gasteiger charge is 2.49. The van der Waals surface area contributed by atoms with Crippen molar-refractivity contribution in [2.45, 2.75) is 120 Å². The molecule has 218 valence electrons. The molecule has 1 aliphatic heterocycles. The molecule has 0 spiro atoms. The van der Waals surface area contributed by atoms with Crippen molar-refractivity contribution < 1.29 is 19.1 Å². The van der Waals surface area contributed by atoms with Crippen molar-refractivity contribution in [1.29, 1.82) is 0 Å². The molecule has 2 aliphatic rings. The normalized spacial score (nSPS) is 19.0. The van der Waals surface area contributed by atoms with Crippen molar-refractivity contribution in [3.8, 4) is 0 Å². The van der Waals surface area contributed by atoms with Crippen molar-refractivity contribution in [2.24, 2.45) is 11.8 Å². The molecule has 1 fully saturated rings. The number of halogens is 3. The summed E-state index contributed by atoms with van der Waals surface area (Å²) in [5.74, 6) is -1.11. The van der Waals surface area contributed by atoms with Gasteiger partial charge in [0.1, 0.15) is 0 Å². The van der Waals surface area contributed by atoms with Crippen molar-refractivity contribution in [1.82, 2.24) is 4.31 Å². The van der Waals surface area contributed by atoms with Gasteiger partial charge in [-0.05, 0) is 51.9 Å². The molecule has 9 heteroatoms. The number of allylic oxidation sites excluding steroid dienone is 4. The Kier molecular flexibility index (Phi) is 19.6. The van der Waals surface area contributed by atoms with Crippen LogP contribution in [0.25, 0.3) is 0 Å². The molecule has 1 aliphatic carbocycles. The number of alkyl halides is 3. The summed E-state index contributed by atoms with van der Waals surface area (Å²) in [6.45, 7) is 4.63. The second kappa shape index (κ2) is 21.1. The monoisotopic (exact) mass is 609 g/mol. The van der Waals surface area contributed by atoms with Crippen LogP contribution < -0.4 is 0 Å². The number of fused-ring (bicyclic) bond motifs is 1. The summed E-state index contributed by atoms with van der Waals surface area (Å²) >= 11 is 17.4. The molecule has 2 atom stereocenters. The van der Waals surface area contributed by atoms with E-state index in [1.165, 1.54) is 70.6 Å². The molecule has 1 saturated heterocycles. The first-order valence-corrected chi connectivity index (χ1v) is 16.2. The summed E-state index contributed by atoms with van der Waals surface area (Å²) in [5.41, 5.74) is 0. The highest BCUT2D eigenvalue weighted by Crippen LogP contribution is 2.46. The second-order valence-corrected chi connectivity index (χ2v) is 13.9. The van der Waals surface area contributed by atoms with Gasteiger partial charge in [-0.2, -0.15) is 0 Å². The summed E-state index contributed by atoms with van der Waals surface area (Å²) in [6, 6.07) is 0. The third-order valence-corrected chi connectivity index (χ3v) is 7.98. The van der Waals surface area contributed by atoms with Gasteiger partial charge in [-0.3, -0.25) is 14.4 Å². The summed E-state index contributed by atoms with van der Waals surface area (Å²) in [7, 11) is 0. The Morgan fingerprint density at radius 2 is 1.34 bits per heavy atom. The quantitative estimate of drug-likeness (QED) is 0.0410. The Morgan fingerprint density at radius 1 is 0.868 bits per heavy atom. The van der Waals surface area contributed by atoms with Crippen LogP contribution >= 0.6 is 46.8 Å². The van der Waals surface area contributed by atoms with Gasteiger partial charge < -0.3 is 4.74 Å². The minimum atomic E-state index is -1.69. The zero-order valence-electron chi connectivity index (χ0n) is 23.1. The molecule has 38 heavy (non-hydrogen) atoms. The maximum Gasteiger partial charge on any atom is 0.305 e. The van der Waals surface area contributed by atoms with E-state index in [-0.39, 0.29) is 29.6 Å². The summed E-state index contributed by atoms with van der Waals surface area (Å²) in [6.07, 6.45) is 27.0. The number of unbranched alkanes of at least 4 members (excludes halogenated alkanes) is 11. The van der Waals surface area contributed by atoms with E-state index in [1.807, 2.05) is 19.1 Å². The fourth-order valence-corrected chi connectivity index (χ4v) is 5.82. The van der Waals surface area contributed by atoms with Gasteiger partial charge in [-0.15, -0.1) is 0 Å². The third-order valence-electron chi connectivity index (χ3n) is 6.61. The molecule has 0 aromatic carbocycles. The number of carbonyl (C=O) groups excluding carboxylic acids is 3. The zero-order valence-corrected chi connectivity index (χ0v) is 26.2. The largest absolute Gasteiger partial charge is 0.466 e. The molecule has 0 radical (unpaired) electrons. The molecule has 0 aromatic heterocycles. The first-order chi connectivity index (χ1) is 18.2. The number of imide groups is 1. The van der Waals surface area contributed by atoms with E-state index in [4.69, 9.17) is 39.5 Å². The van der Waals surface area contributed by atoms with Gasteiger partial charge in [-0.25, -0.2) is 4.31 Å². The first kappa shape index (κ1) is 35.3. The average molecular weight is 611 g/mol. The van der Waals surface area contributed by atoms with Gasteiger partial charge in [0.05, 0.1) is 18.4 Å². The molecule has 0 bridgehead atoms. The predicted molar refractivity (Wildman–Crippen MR) is 161 cm³/mol. The Bertz CT molecular complexity index is 729. The highest BCUT2D eigenvalue weighted by molar-refractivity contribution is 8.03. The van der Waals surface area contributed by atoms with Gasteiger partial charge in [0.15, 0.2) is 0 Å². The number of hydrogen-bond donors (Lipinski definition) is 0. The molecular weight excluding hydrogens is 565 g/mol. The van der Waals surface area contributed by atoms with Crippen molar-refractivity contribution in [3.05, 3.63) is 24.3 Å². The van der Waals surface area contributed by atoms with Crippen molar-refractivity contribution in [2.75, 3.05) is 6.61 Å². The van der Waals surface area contributed by atoms with Gasteiger partial charge in [-0.1, -0.05) is 117 Å². The fraction of sp³-hybridized carbons (Fsp3) is 0.759. The maximum absolute atomic E-state index is 11.9. The Hall–Kier alpha value is -0.690. The number of rotatable bonds is 17.